The van der Waals surface area contributed by atoms with Crippen molar-refractivity contribution in [3.8, 4) is 0 Å². The van der Waals surface area contributed by atoms with Gasteiger partial charge < -0.3 is 9.47 Å². The van der Waals surface area contributed by atoms with Crippen molar-refractivity contribution in [3.63, 3.8) is 0 Å². The molecule has 0 aromatic heterocycles. The van der Waals surface area contributed by atoms with Crippen molar-refractivity contribution in [2.45, 2.75) is 26.4 Å². The van der Waals surface area contributed by atoms with Crippen LogP contribution in [0, 0.1) is 0 Å². The van der Waals surface area contributed by atoms with Gasteiger partial charge in [0.2, 0.25) is 0 Å². The Bertz CT molecular complexity index is 266. The Labute approximate surface area is 80.1 Å². The number of hydrogen-bond acceptors (Lipinski definition) is 5. The van der Waals surface area contributed by atoms with Crippen molar-refractivity contribution in [1.82, 2.24) is 0 Å². The van der Waals surface area contributed by atoms with Crippen molar-refractivity contribution in [3.05, 3.63) is 0 Å². The monoisotopic (exact) mass is 202 g/mol. The molecule has 0 atom stereocenters. The standard InChI is InChI=1S/C7H10N2O5/c1-7(2,3)14-6(12)9-8-5(11)13-4-10/h4H,1-3H3. The fourth-order valence-corrected chi connectivity index (χ4v) is 0.429. The van der Waals surface area contributed by atoms with E-state index in [9.17, 15) is 14.4 Å². The highest BCUT2D eigenvalue weighted by molar-refractivity contribution is 5.77. The minimum atomic E-state index is -1.27. The van der Waals surface area contributed by atoms with Crippen molar-refractivity contribution in [2.75, 3.05) is 0 Å². The van der Waals surface area contributed by atoms with E-state index in [1.165, 1.54) is 0 Å². The second-order valence-corrected chi connectivity index (χ2v) is 3.16. The molecule has 0 aliphatic rings. The Morgan fingerprint density at radius 2 is 1.64 bits per heavy atom. The largest absolute Gasteiger partial charge is 0.460 e. The lowest BCUT2D eigenvalue weighted by Crippen LogP contribution is -2.21. The molecule has 0 aromatic carbocycles. The summed E-state index contributed by atoms with van der Waals surface area (Å²) in [5, 5.41) is 5.61. The molecular weight excluding hydrogens is 192 g/mol. The molecule has 0 fully saturated rings. The summed E-state index contributed by atoms with van der Waals surface area (Å²) in [6, 6.07) is 0. The minimum Gasteiger partial charge on any atom is -0.441 e. The molecular formula is C7H10N2O5. The number of carbonyl (C=O) groups excluding carboxylic acids is 3. The summed E-state index contributed by atoms with van der Waals surface area (Å²) in [4.78, 5) is 30.8. The van der Waals surface area contributed by atoms with Crippen LogP contribution < -0.4 is 0 Å². The maximum atomic E-state index is 10.8. The first-order chi connectivity index (χ1) is 6.35. The van der Waals surface area contributed by atoms with Gasteiger partial charge in [-0.2, -0.15) is 0 Å². The van der Waals surface area contributed by atoms with Gasteiger partial charge in [-0.05, 0) is 20.8 Å². The summed E-state index contributed by atoms with van der Waals surface area (Å²) < 4.78 is 8.41. The van der Waals surface area contributed by atoms with Crippen molar-refractivity contribution in [1.29, 1.82) is 0 Å². The van der Waals surface area contributed by atoms with E-state index in [1.54, 1.807) is 20.8 Å². The van der Waals surface area contributed by atoms with Crippen molar-refractivity contribution < 1.29 is 23.9 Å². The molecule has 0 aromatic rings. The second kappa shape index (κ2) is 5.05. The van der Waals surface area contributed by atoms with E-state index in [4.69, 9.17) is 0 Å². The average molecular weight is 202 g/mol. The van der Waals surface area contributed by atoms with Gasteiger partial charge in [-0.3, -0.25) is 4.79 Å². The lowest BCUT2D eigenvalue weighted by Gasteiger charge is -2.16. The molecule has 0 heterocycles. The smallest absolute Gasteiger partial charge is 0.441 e. The number of amides is 2. The molecule has 0 saturated carbocycles. The summed E-state index contributed by atoms with van der Waals surface area (Å²) in [7, 11) is 0. The third-order valence-corrected chi connectivity index (χ3v) is 0.756. The summed E-state index contributed by atoms with van der Waals surface area (Å²) >= 11 is 0. The molecule has 7 heteroatoms. The van der Waals surface area contributed by atoms with Gasteiger partial charge in [0.1, 0.15) is 5.60 Å². The molecule has 14 heavy (non-hydrogen) atoms. The van der Waals surface area contributed by atoms with Gasteiger partial charge in [0.25, 0.3) is 0 Å². The number of ether oxygens (including phenoxy) is 2. The molecule has 0 radical (unpaired) electrons. The molecule has 0 unspecified atom stereocenters. The molecule has 0 aliphatic carbocycles. The summed E-state index contributed by atoms with van der Waals surface area (Å²) in [5.41, 5.74) is -0.718. The SMILES string of the molecule is CC(C)(C)OC(=O)N=NC(=O)OC=O. The topological polar surface area (TPSA) is 94.4 Å². The maximum Gasteiger partial charge on any atom is 0.460 e. The second-order valence-electron chi connectivity index (χ2n) is 3.16. The van der Waals surface area contributed by atoms with Crippen molar-refractivity contribution in [2.24, 2.45) is 10.2 Å². The van der Waals surface area contributed by atoms with E-state index in [-0.39, 0.29) is 6.47 Å². The molecule has 0 bridgehead atoms. The zero-order chi connectivity index (χ0) is 11.2. The van der Waals surface area contributed by atoms with Crippen LogP contribution in [-0.4, -0.2) is 24.3 Å². The van der Waals surface area contributed by atoms with E-state index in [0.29, 0.717) is 0 Å². The summed E-state index contributed by atoms with van der Waals surface area (Å²) in [6.45, 7) is 4.77. The molecule has 7 nitrogen and oxygen atoms in total. The Morgan fingerprint density at radius 3 is 2.07 bits per heavy atom. The quantitative estimate of drug-likeness (QED) is 0.366. The normalized spacial score (nSPS) is 11.1. The third kappa shape index (κ3) is 6.89. The first-order valence-electron chi connectivity index (χ1n) is 3.64. The van der Waals surface area contributed by atoms with Gasteiger partial charge in [-0.15, -0.1) is 0 Å². The van der Waals surface area contributed by atoms with Gasteiger partial charge in [-0.1, -0.05) is 10.2 Å². The van der Waals surface area contributed by atoms with Crippen LogP contribution in [0.1, 0.15) is 20.8 Å². The van der Waals surface area contributed by atoms with Crippen LogP contribution in [0.4, 0.5) is 9.59 Å². The van der Waals surface area contributed by atoms with E-state index < -0.39 is 17.8 Å². The third-order valence-electron chi connectivity index (χ3n) is 0.756. The number of nitrogens with zero attached hydrogens (tertiary/aromatic N) is 2. The Kier molecular flexibility index (Phi) is 4.41. The highest BCUT2D eigenvalue weighted by Gasteiger charge is 2.15. The minimum absolute atomic E-state index is 0.115. The van der Waals surface area contributed by atoms with Gasteiger partial charge in [0, 0.05) is 0 Å². The van der Waals surface area contributed by atoms with Crippen LogP contribution in [0.2, 0.25) is 0 Å². The fraction of sp³-hybridized carbons (Fsp3) is 0.571. The highest BCUT2D eigenvalue weighted by atomic mass is 16.6. The first kappa shape index (κ1) is 12.2. The number of rotatable bonds is 1. The molecule has 0 spiro atoms. The summed E-state index contributed by atoms with van der Waals surface area (Å²) in [6.07, 6.45) is -2.30. The van der Waals surface area contributed by atoms with Gasteiger partial charge in [-0.25, -0.2) is 9.59 Å². The van der Waals surface area contributed by atoms with Gasteiger partial charge in [0.15, 0.2) is 0 Å². The molecule has 0 saturated heterocycles. The predicted molar refractivity (Wildman–Crippen MR) is 43.6 cm³/mol. The lowest BCUT2D eigenvalue weighted by atomic mass is 10.2. The predicted octanol–water partition coefficient (Wildman–Crippen LogP) is 1.67. The fourth-order valence-electron chi connectivity index (χ4n) is 0.429. The number of hydrogen-bond donors (Lipinski definition) is 0. The Balaban J connectivity index is 4.06. The molecule has 0 rings (SSSR count). The molecule has 2 amide bonds. The molecule has 0 aliphatic heterocycles. The van der Waals surface area contributed by atoms with Crippen LogP contribution in [0.15, 0.2) is 10.2 Å². The zero-order valence-corrected chi connectivity index (χ0v) is 8.01. The first-order valence-corrected chi connectivity index (χ1v) is 3.64. The van der Waals surface area contributed by atoms with Crippen LogP contribution in [0.3, 0.4) is 0 Å². The van der Waals surface area contributed by atoms with Gasteiger partial charge in [0.05, 0.1) is 0 Å². The van der Waals surface area contributed by atoms with E-state index in [2.05, 4.69) is 19.7 Å². The summed E-state index contributed by atoms with van der Waals surface area (Å²) in [5.74, 6) is 0. The number of carbonyl (C=O) groups is 3. The van der Waals surface area contributed by atoms with E-state index >= 15 is 0 Å². The molecule has 0 N–H and O–H groups in total. The van der Waals surface area contributed by atoms with E-state index in [1.807, 2.05) is 0 Å². The zero-order valence-electron chi connectivity index (χ0n) is 8.01. The molecule has 78 valence electrons. The van der Waals surface area contributed by atoms with Crippen LogP contribution in [0.5, 0.6) is 0 Å². The maximum absolute atomic E-state index is 10.8. The van der Waals surface area contributed by atoms with Crippen LogP contribution in [-0.2, 0) is 14.3 Å². The number of azo groups is 1. The Hall–Kier alpha value is -1.79. The van der Waals surface area contributed by atoms with Crippen LogP contribution in [0.25, 0.3) is 0 Å². The highest BCUT2D eigenvalue weighted by Crippen LogP contribution is 2.07. The Morgan fingerprint density at radius 1 is 1.14 bits per heavy atom. The van der Waals surface area contributed by atoms with Gasteiger partial charge >= 0.3 is 18.7 Å². The van der Waals surface area contributed by atoms with E-state index in [0.717, 1.165) is 0 Å². The van der Waals surface area contributed by atoms with Crippen LogP contribution >= 0.6 is 0 Å². The lowest BCUT2D eigenvalue weighted by molar-refractivity contribution is -0.123. The average Bonchev–Trinajstić information content (AvgIpc) is 1.98. The van der Waals surface area contributed by atoms with Crippen molar-refractivity contribution >= 4 is 18.7 Å².